The van der Waals surface area contributed by atoms with Crippen LogP contribution < -0.4 is 5.32 Å². The predicted octanol–water partition coefficient (Wildman–Crippen LogP) is 3.62. The van der Waals surface area contributed by atoms with Crippen LogP contribution >= 0.6 is 11.8 Å². The van der Waals surface area contributed by atoms with Crippen molar-refractivity contribution < 1.29 is 9.72 Å². The third kappa shape index (κ3) is 2.27. The highest BCUT2D eigenvalue weighted by Crippen LogP contribution is 2.43. The molecule has 0 saturated carbocycles. The van der Waals surface area contributed by atoms with E-state index in [9.17, 15) is 14.9 Å². The normalized spacial score (nSPS) is 16.4. The number of carbonyl (C=O) groups excluding carboxylic acids is 1. The summed E-state index contributed by atoms with van der Waals surface area (Å²) in [5.74, 6) is -0.0214. The molecule has 0 spiro atoms. The summed E-state index contributed by atoms with van der Waals surface area (Å²) in [6.07, 6.45) is 1.90. The standard InChI is InChI=1S/C15H12N2O3S/c1-21-14-12-4-2-3-11(13(12)16-15(14)18)9-5-7-10(8-6-9)17(19)20/h2-8,14H,1H3,(H,16,18). The number of amides is 1. The van der Waals surface area contributed by atoms with Gasteiger partial charge in [0, 0.05) is 17.7 Å². The molecule has 106 valence electrons. The maximum Gasteiger partial charge on any atom is 0.269 e. The molecule has 1 N–H and O–H groups in total. The van der Waals surface area contributed by atoms with Crippen molar-refractivity contribution in [1.82, 2.24) is 0 Å². The second-order valence-corrected chi connectivity index (χ2v) is 5.62. The van der Waals surface area contributed by atoms with Gasteiger partial charge in [-0.25, -0.2) is 0 Å². The maximum atomic E-state index is 12.0. The highest BCUT2D eigenvalue weighted by Gasteiger charge is 2.31. The molecule has 1 aliphatic heterocycles. The first kappa shape index (κ1) is 13.6. The van der Waals surface area contributed by atoms with Gasteiger partial charge in [0.05, 0.1) is 10.6 Å². The van der Waals surface area contributed by atoms with Gasteiger partial charge in [-0.2, -0.15) is 0 Å². The molecular formula is C15H12N2O3S. The Labute approximate surface area is 125 Å². The van der Waals surface area contributed by atoms with Gasteiger partial charge in [0.25, 0.3) is 5.69 Å². The maximum absolute atomic E-state index is 12.0. The number of nitrogens with one attached hydrogen (secondary N) is 1. The van der Waals surface area contributed by atoms with Gasteiger partial charge in [-0.05, 0) is 29.5 Å². The average Bonchev–Trinajstić information content (AvgIpc) is 2.82. The van der Waals surface area contributed by atoms with Gasteiger partial charge in [0.1, 0.15) is 5.25 Å². The minimum Gasteiger partial charge on any atom is -0.324 e. The molecule has 2 aromatic rings. The van der Waals surface area contributed by atoms with Crippen molar-refractivity contribution in [2.45, 2.75) is 5.25 Å². The molecule has 0 bridgehead atoms. The van der Waals surface area contributed by atoms with E-state index in [0.29, 0.717) is 0 Å². The molecule has 5 nitrogen and oxygen atoms in total. The van der Waals surface area contributed by atoms with Crippen molar-refractivity contribution >= 4 is 29.0 Å². The predicted molar refractivity (Wildman–Crippen MR) is 83.4 cm³/mol. The molecule has 0 fully saturated rings. The van der Waals surface area contributed by atoms with E-state index in [0.717, 1.165) is 22.4 Å². The van der Waals surface area contributed by atoms with Crippen molar-refractivity contribution in [2.75, 3.05) is 11.6 Å². The highest BCUT2D eigenvalue weighted by atomic mass is 32.2. The van der Waals surface area contributed by atoms with Crippen LogP contribution in [-0.4, -0.2) is 17.1 Å². The van der Waals surface area contributed by atoms with E-state index < -0.39 is 4.92 Å². The molecule has 0 aliphatic carbocycles. The Kier molecular flexibility index (Phi) is 3.39. The Balaban J connectivity index is 2.07. The summed E-state index contributed by atoms with van der Waals surface area (Å²) >= 11 is 1.49. The lowest BCUT2D eigenvalue weighted by atomic mass is 10.0. The van der Waals surface area contributed by atoms with Crippen LogP contribution in [0.2, 0.25) is 0 Å². The second kappa shape index (κ2) is 5.21. The molecule has 1 heterocycles. The average molecular weight is 300 g/mol. The molecule has 21 heavy (non-hydrogen) atoms. The number of para-hydroxylation sites is 1. The molecule has 1 unspecified atom stereocenters. The van der Waals surface area contributed by atoms with Crippen molar-refractivity contribution in [3.05, 3.63) is 58.1 Å². The number of non-ortho nitro benzene ring substituents is 1. The van der Waals surface area contributed by atoms with Crippen LogP contribution in [0, 0.1) is 10.1 Å². The molecule has 1 atom stereocenters. The largest absolute Gasteiger partial charge is 0.324 e. The zero-order valence-electron chi connectivity index (χ0n) is 11.2. The van der Waals surface area contributed by atoms with E-state index in [1.807, 2.05) is 24.5 Å². The zero-order valence-corrected chi connectivity index (χ0v) is 12.0. The fourth-order valence-electron chi connectivity index (χ4n) is 2.50. The smallest absolute Gasteiger partial charge is 0.269 e. The highest BCUT2D eigenvalue weighted by molar-refractivity contribution is 7.99. The minimum absolute atomic E-state index is 0.0214. The first-order chi connectivity index (χ1) is 10.1. The summed E-state index contributed by atoms with van der Waals surface area (Å²) in [4.78, 5) is 22.2. The van der Waals surface area contributed by atoms with Crippen LogP contribution in [0.1, 0.15) is 10.8 Å². The van der Waals surface area contributed by atoms with Crippen molar-refractivity contribution in [2.24, 2.45) is 0 Å². The van der Waals surface area contributed by atoms with E-state index >= 15 is 0 Å². The van der Waals surface area contributed by atoms with E-state index in [1.54, 1.807) is 12.1 Å². The van der Waals surface area contributed by atoms with Crippen LogP contribution in [-0.2, 0) is 4.79 Å². The zero-order chi connectivity index (χ0) is 15.0. The topological polar surface area (TPSA) is 72.2 Å². The number of fused-ring (bicyclic) bond motifs is 1. The summed E-state index contributed by atoms with van der Waals surface area (Å²) in [5, 5.41) is 13.4. The molecule has 1 amide bonds. The molecule has 1 aliphatic rings. The summed E-state index contributed by atoms with van der Waals surface area (Å²) in [6.45, 7) is 0. The minimum atomic E-state index is -0.426. The Morgan fingerprint density at radius 1 is 1.19 bits per heavy atom. The van der Waals surface area contributed by atoms with E-state index in [-0.39, 0.29) is 16.8 Å². The van der Waals surface area contributed by atoms with Crippen LogP contribution in [0.4, 0.5) is 11.4 Å². The number of hydrogen-bond donors (Lipinski definition) is 1. The van der Waals surface area contributed by atoms with E-state index in [2.05, 4.69) is 5.32 Å². The number of nitro groups is 1. The lowest BCUT2D eigenvalue weighted by Crippen LogP contribution is -2.08. The lowest BCUT2D eigenvalue weighted by Gasteiger charge is -2.09. The third-order valence-corrected chi connectivity index (χ3v) is 4.43. The Hall–Kier alpha value is -2.34. The summed E-state index contributed by atoms with van der Waals surface area (Å²) < 4.78 is 0. The van der Waals surface area contributed by atoms with Gasteiger partial charge in [0.2, 0.25) is 5.91 Å². The first-order valence-corrected chi connectivity index (χ1v) is 7.62. The van der Waals surface area contributed by atoms with Crippen LogP contribution in [0.5, 0.6) is 0 Å². The molecule has 0 saturated heterocycles. The number of benzene rings is 2. The lowest BCUT2D eigenvalue weighted by molar-refractivity contribution is -0.384. The Morgan fingerprint density at radius 3 is 2.52 bits per heavy atom. The number of hydrogen-bond acceptors (Lipinski definition) is 4. The Morgan fingerprint density at radius 2 is 1.90 bits per heavy atom. The molecule has 0 aromatic heterocycles. The van der Waals surface area contributed by atoms with Gasteiger partial charge in [-0.3, -0.25) is 14.9 Å². The number of thioether (sulfide) groups is 1. The monoisotopic (exact) mass is 300 g/mol. The molecular weight excluding hydrogens is 288 g/mol. The Bertz CT molecular complexity index is 728. The second-order valence-electron chi connectivity index (χ2n) is 4.68. The number of carbonyl (C=O) groups is 1. The molecule has 6 heteroatoms. The number of nitrogens with zero attached hydrogens (tertiary/aromatic N) is 1. The number of nitro benzene ring substituents is 1. The van der Waals surface area contributed by atoms with Crippen molar-refractivity contribution in [3.63, 3.8) is 0 Å². The van der Waals surface area contributed by atoms with Crippen LogP contribution in [0.25, 0.3) is 11.1 Å². The van der Waals surface area contributed by atoms with Gasteiger partial charge in [-0.1, -0.05) is 18.2 Å². The van der Waals surface area contributed by atoms with Crippen molar-refractivity contribution in [1.29, 1.82) is 0 Å². The third-order valence-electron chi connectivity index (χ3n) is 3.49. The SMILES string of the molecule is CSC1C(=O)Nc2c(-c3ccc([N+](=O)[O-])cc3)cccc21. The first-order valence-electron chi connectivity index (χ1n) is 6.33. The molecule has 3 rings (SSSR count). The van der Waals surface area contributed by atoms with Crippen LogP contribution in [0.3, 0.4) is 0 Å². The molecule has 0 radical (unpaired) electrons. The van der Waals surface area contributed by atoms with Gasteiger partial charge in [0.15, 0.2) is 0 Å². The number of rotatable bonds is 3. The fourth-order valence-corrected chi connectivity index (χ4v) is 3.22. The number of anilines is 1. The quantitative estimate of drug-likeness (QED) is 0.694. The van der Waals surface area contributed by atoms with E-state index in [4.69, 9.17) is 0 Å². The van der Waals surface area contributed by atoms with Gasteiger partial charge in [-0.15, -0.1) is 11.8 Å². The summed E-state index contributed by atoms with van der Waals surface area (Å²) in [7, 11) is 0. The molecule has 2 aromatic carbocycles. The van der Waals surface area contributed by atoms with Crippen LogP contribution in [0.15, 0.2) is 42.5 Å². The van der Waals surface area contributed by atoms with Crippen molar-refractivity contribution in [3.8, 4) is 11.1 Å². The van der Waals surface area contributed by atoms with Gasteiger partial charge < -0.3 is 5.32 Å². The van der Waals surface area contributed by atoms with E-state index in [1.165, 1.54) is 23.9 Å². The summed E-state index contributed by atoms with van der Waals surface area (Å²) in [5.41, 5.74) is 3.54. The fraction of sp³-hybridized carbons (Fsp3) is 0.133. The van der Waals surface area contributed by atoms with Gasteiger partial charge >= 0.3 is 0 Å². The summed E-state index contributed by atoms with van der Waals surface area (Å²) in [6, 6.07) is 12.1.